The van der Waals surface area contributed by atoms with Gasteiger partial charge >= 0.3 is 0 Å². The molecule has 0 amide bonds. The van der Waals surface area contributed by atoms with Crippen molar-refractivity contribution in [3.05, 3.63) is 34.5 Å². The van der Waals surface area contributed by atoms with Gasteiger partial charge in [0.05, 0.1) is 6.04 Å². The minimum Gasteiger partial charge on any atom is -0.459 e. The molecule has 1 aromatic carbocycles. The highest BCUT2D eigenvalue weighted by molar-refractivity contribution is 9.10. The Kier molecular flexibility index (Phi) is 4.15. The van der Waals surface area contributed by atoms with Gasteiger partial charge in [0.2, 0.25) is 0 Å². The fourth-order valence-corrected chi connectivity index (χ4v) is 3.32. The van der Waals surface area contributed by atoms with Crippen molar-refractivity contribution >= 4 is 26.9 Å². The summed E-state index contributed by atoms with van der Waals surface area (Å²) < 4.78 is 7.11. The number of halogens is 1. The molecule has 4 heteroatoms. The van der Waals surface area contributed by atoms with E-state index in [1.165, 1.54) is 12.8 Å². The van der Waals surface area contributed by atoms with Gasteiger partial charge in [-0.3, -0.25) is 4.90 Å². The summed E-state index contributed by atoms with van der Waals surface area (Å²) in [5, 5.41) is 4.64. The number of hydrogen-bond donors (Lipinski definition) is 1. The zero-order valence-corrected chi connectivity index (χ0v) is 13.6. The molecule has 1 N–H and O–H groups in total. The topological polar surface area (TPSA) is 28.4 Å². The second kappa shape index (κ2) is 5.88. The van der Waals surface area contributed by atoms with Crippen LogP contribution in [0.2, 0.25) is 0 Å². The molecule has 2 atom stereocenters. The number of piperidine rings is 1. The Bertz CT molecular complexity index is 589. The molecule has 1 aliphatic heterocycles. The zero-order valence-electron chi connectivity index (χ0n) is 12.0. The van der Waals surface area contributed by atoms with Crippen LogP contribution in [0.15, 0.2) is 33.2 Å². The maximum Gasteiger partial charge on any atom is 0.134 e. The number of fused-ring (bicyclic) bond motifs is 1. The largest absolute Gasteiger partial charge is 0.459 e. The van der Waals surface area contributed by atoms with Gasteiger partial charge in [-0.2, -0.15) is 0 Å². The van der Waals surface area contributed by atoms with Crippen LogP contribution >= 0.6 is 15.9 Å². The SMILES string of the molecule is CC(c1cc2cc(Br)ccc2o1)N(C)C1CCCNC1. The standard InChI is InChI=1S/C16H21BrN2O/c1-11(19(2)14-4-3-7-18-10-14)16-9-12-8-13(17)5-6-15(12)20-16/h5-6,8-9,11,14,18H,3-4,7,10H2,1-2H3. The van der Waals surface area contributed by atoms with Crippen LogP contribution in [0.5, 0.6) is 0 Å². The summed E-state index contributed by atoms with van der Waals surface area (Å²) in [4.78, 5) is 2.43. The quantitative estimate of drug-likeness (QED) is 0.920. The summed E-state index contributed by atoms with van der Waals surface area (Å²) in [6.07, 6.45) is 2.52. The molecule has 0 aliphatic carbocycles. The van der Waals surface area contributed by atoms with Crippen LogP contribution in [0.3, 0.4) is 0 Å². The number of furan rings is 1. The molecule has 1 fully saturated rings. The van der Waals surface area contributed by atoms with E-state index in [4.69, 9.17) is 4.42 Å². The molecule has 3 rings (SSSR count). The van der Waals surface area contributed by atoms with Gasteiger partial charge in [-0.25, -0.2) is 0 Å². The van der Waals surface area contributed by atoms with Crippen molar-refractivity contribution in [3.63, 3.8) is 0 Å². The van der Waals surface area contributed by atoms with Crippen molar-refractivity contribution in [2.24, 2.45) is 0 Å². The maximum atomic E-state index is 6.01. The molecule has 1 saturated heterocycles. The Hall–Kier alpha value is -0.840. The Labute approximate surface area is 128 Å². The van der Waals surface area contributed by atoms with Crippen LogP contribution in [0.25, 0.3) is 11.0 Å². The van der Waals surface area contributed by atoms with Gasteiger partial charge in [0.1, 0.15) is 11.3 Å². The van der Waals surface area contributed by atoms with Crippen LogP contribution < -0.4 is 5.32 Å². The van der Waals surface area contributed by atoms with Crippen molar-refractivity contribution in [2.75, 3.05) is 20.1 Å². The fourth-order valence-electron chi connectivity index (χ4n) is 2.94. The molecule has 3 nitrogen and oxygen atoms in total. The molecular formula is C16H21BrN2O. The van der Waals surface area contributed by atoms with Gasteiger partial charge < -0.3 is 9.73 Å². The third-order valence-electron chi connectivity index (χ3n) is 4.37. The molecule has 2 unspecified atom stereocenters. The van der Waals surface area contributed by atoms with Gasteiger partial charge in [-0.15, -0.1) is 0 Å². The predicted octanol–water partition coefficient (Wildman–Crippen LogP) is 3.94. The summed E-state index contributed by atoms with van der Waals surface area (Å²) in [7, 11) is 2.20. The average molecular weight is 337 g/mol. The molecule has 0 spiro atoms. The lowest BCUT2D eigenvalue weighted by Crippen LogP contribution is -2.44. The predicted molar refractivity (Wildman–Crippen MR) is 86.0 cm³/mol. The van der Waals surface area contributed by atoms with E-state index in [-0.39, 0.29) is 0 Å². The highest BCUT2D eigenvalue weighted by Crippen LogP contribution is 2.30. The normalized spacial score (nSPS) is 21.5. The molecule has 1 aliphatic rings. The number of nitrogens with zero attached hydrogens (tertiary/aromatic N) is 1. The van der Waals surface area contributed by atoms with Crippen molar-refractivity contribution in [1.29, 1.82) is 0 Å². The van der Waals surface area contributed by atoms with Gasteiger partial charge in [-0.05, 0) is 57.6 Å². The monoisotopic (exact) mass is 336 g/mol. The summed E-state index contributed by atoms with van der Waals surface area (Å²) in [5.41, 5.74) is 0.963. The van der Waals surface area contributed by atoms with Crippen LogP contribution in [-0.2, 0) is 0 Å². The second-order valence-corrected chi connectivity index (χ2v) is 6.59. The number of hydrogen-bond acceptors (Lipinski definition) is 3. The Morgan fingerprint density at radius 1 is 1.40 bits per heavy atom. The van der Waals surface area contributed by atoms with Crippen molar-refractivity contribution < 1.29 is 4.42 Å². The Balaban J connectivity index is 1.81. The van der Waals surface area contributed by atoms with Gasteiger partial charge in [-0.1, -0.05) is 15.9 Å². The van der Waals surface area contributed by atoms with E-state index in [9.17, 15) is 0 Å². The molecule has 108 valence electrons. The molecule has 0 bridgehead atoms. The number of benzene rings is 1. The van der Waals surface area contributed by atoms with Crippen LogP contribution in [0.1, 0.15) is 31.6 Å². The highest BCUT2D eigenvalue weighted by atomic mass is 79.9. The lowest BCUT2D eigenvalue weighted by Gasteiger charge is -2.35. The smallest absolute Gasteiger partial charge is 0.134 e. The first-order valence-corrected chi connectivity index (χ1v) is 8.06. The first kappa shape index (κ1) is 14.1. The molecular weight excluding hydrogens is 316 g/mol. The molecule has 0 radical (unpaired) electrons. The Morgan fingerprint density at radius 2 is 2.25 bits per heavy atom. The number of rotatable bonds is 3. The Morgan fingerprint density at radius 3 is 3.00 bits per heavy atom. The number of nitrogens with one attached hydrogen (secondary N) is 1. The lowest BCUT2D eigenvalue weighted by atomic mass is 10.0. The highest BCUT2D eigenvalue weighted by Gasteiger charge is 2.24. The molecule has 20 heavy (non-hydrogen) atoms. The molecule has 1 aromatic heterocycles. The first-order chi connectivity index (χ1) is 9.65. The van der Waals surface area contributed by atoms with Gasteiger partial charge in [0.15, 0.2) is 0 Å². The number of likely N-dealkylation sites (N-methyl/N-ethyl adjacent to an activating group) is 1. The van der Waals surface area contributed by atoms with E-state index in [0.717, 1.165) is 34.3 Å². The third kappa shape index (κ3) is 2.78. The van der Waals surface area contributed by atoms with Crippen molar-refractivity contribution in [1.82, 2.24) is 10.2 Å². The average Bonchev–Trinajstić information content (AvgIpc) is 2.89. The molecule has 0 saturated carbocycles. The summed E-state index contributed by atoms with van der Waals surface area (Å²) in [6.45, 7) is 4.45. The zero-order chi connectivity index (χ0) is 14.1. The molecule has 2 heterocycles. The van der Waals surface area contributed by atoms with Crippen LogP contribution in [0.4, 0.5) is 0 Å². The van der Waals surface area contributed by atoms with E-state index >= 15 is 0 Å². The first-order valence-electron chi connectivity index (χ1n) is 7.27. The lowest BCUT2D eigenvalue weighted by molar-refractivity contribution is 0.143. The van der Waals surface area contributed by atoms with E-state index in [2.05, 4.69) is 52.3 Å². The van der Waals surface area contributed by atoms with E-state index in [0.29, 0.717) is 12.1 Å². The fraction of sp³-hybridized carbons (Fsp3) is 0.500. The summed E-state index contributed by atoms with van der Waals surface area (Å²) in [6, 6.07) is 9.21. The minimum atomic E-state index is 0.297. The van der Waals surface area contributed by atoms with Crippen molar-refractivity contribution in [3.8, 4) is 0 Å². The van der Waals surface area contributed by atoms with Crippen LogP contribution in [0, 0.1) is 0 Å². The van der Waals surface area contributed by atoms with E-state index in [1.807, 2.05) is 12.1 Å². The van der Waals surface area contributed by atoms with Gasteiger partial charge in [0.25, 0.3) is 0 Å². The third-order valence-corrected chi connectivity index (χ3v) is 4.86. The van der Waals surface area contributed by atoms with Gasteiger partial charge in [0, 0.05) is 22.4 Å². The summed E-state index contributed by atoms with van der Waals surface area (Å²) >= 11 is 3.51. The molecule has 2 aromatic rings. The minimum absolute atomic E-state index is 0.297. The van der Waals surface area contributed by atoms with Crippen molar-refractivity contribution in [2.45, 2.75) is 31.8 Å². The second-order valence-electron chi connectivity index (χ2n) is 5.67. The van der Waals surface area contributed by atoms with E-state index < -0.39 is 0 Å². The summed E-state index contributed by atoms with van der Waals surface area (Å²) in [5.74, 6) is 1.05. The maximum absolute atomic E-state index is 6.01. The van der Waals surface area contributed by atoms with Crippen LogP contribution in [-0.4, -0.2) is 31.1 Å². The van der Waals surface area contributed by atoms with E-state index in [1.54, 1.807) is 0 Å².